The molecule has 0 bridgehead atoms. The van der Waals surface area contributed by atoms with E-state index in [1.165, 1.54) is 6.26 Å². The lowest BCUT2D eigenvalue weighted by atomic mass is 9.96. The monoisotopic (exact) mass is 405 g/mol. The van der Waals surface area contributed by atoms with Crippen molar-refractivity contribution in [1.29, 1.82) is 0 Å². The van der Waals surface area contributed by atoms with Crippen molar-refractivity contribution in [3.63, 3.8) is 0 Å². The van der Waals surface area contributed by atoms with Crippen LogP contribution in [0.4, 0.5) is 4.79 Å². The number of carbonyl (C=O) groups excluding carboxylic acids is 3. The van der Waals surface area contributed by atoms with Crippen molar-refractivity contribution in [3.8, 4) is 0 Å². The third-order valence-electron chi connectivity index (χ3n) is 4.98. The molecule has 158 valence electrons. The lowest BCUT2D eigenvalue weighted by Gasteiger charge is -2.34. The van der Waals surface area contributed by atoms with Crippen LogP contribution in [0.2, 0.25) is 0 Å². The highest BCUT2D eigenvalue weighted by molar-refractivity contribution is 5.95. The molecule has 0 aliphatic carbocycles. The minimum absolute atomic E-state index is 0.209. The summed E-state index contributed by atoms with van der Waals surface area (Å²) in [6, 6.07) is 2.23. The summed E-state index contributed by atoms with van der Waals surface area (Å²) < 4.78 is 15.8. The van der Waals surface area contributed by atoms with Crippen molar-refractivity contribution in [2.45, 2.75) is 32.7 Å². The molecule has 1 aromatic heterocycles. The number of ether oxygens (including phenoxy) is 2. The highest BCUT2D eigenvalue weighted by atomic mass is 16.5. The van der Waals surface area contributed by atoms with Crippen LogP contribution in [0.5, 0.6) is 0 Å². The number of carbonyl (C=O) groups is 3. The van der Waals surface area contributed by atoms with Crippen LogP contribution in [0.25, 0.3) is 0 Å². The molecule has 29 heavy (non-hydrogen) atoms. The molecule has 1 saturated heterocycles. The Hall–Kier alpha value is -2.81. The summed E-state index contributed by atoms with van der Waals surface area (Å²) >= 11 is 0. The number of urea groups is 1. The summed E-state index contributed by atoms with van der Waals surface area (Å²) in [5, 5.41) is 5.47. The molecule has 2 aliphatic heterocycles. The summed E-state index contributed by atoms with van der Waals surface area (Å²) in [6.07, 6.45) is 3.09. The molecule has 0 saturated carbocycles. The Morgan fingerprint density at radius 3 is 2.76 bits per heavy atom. The van der Waals surface area contributed by atoms with Gasteiger partial charge in [-0.15, -0.1) is 0 Å². The standard InChI is InChI=1S/C20H27N3O6/c1-3-27-18(24)13-7-5-9-23(11-13)12-14-16(19(25)28-4-2)17(22-20(26)21-14)15-8-6-10-29-15/h6,8,10,13,17H,3-5,7,9,11-12H2,1-2H3,(H2,21,22,26)/t13-,17+/m1/s1. The van der Waals surface area contributed by atoms with E-state index in [1.807, 2.05) is 4.90 Å². The maximum absolute atomic E-state index is 12.7. The van der Waals surface area contributed by atoms with Gasteiger partial charge in [0.05, 0.1) is 31.0 Å². The Bertz CT molecular complexity index is 773. The zero-order valence-electron chi connectivity index (χ0n) is 16.7. The predicted molar refractivity (Wildman–Crippen MR) is 103 cm³/mol. The summed E-state index contributed by atoms with van der Waals surface area (Å²) in [4.78, 5) is 39.1. The van der Waals surface area contributed by atoms with Gasteiger partial charge in [0.15, 0.2) is 0 Å². The van der Waals surface area contributed by atoms with E-state index in [-0.39, 0.29) is 18.5 Å². The molecule has 2 amide bonds. The third-order valence-corrected chi connectivity index (χ3v) is 4.98. The van der Waals surface area contributed by atoms with Gasteiger partial charge in [0.2, 0.25) is 0 Å². The second-order valence-corrected chi connectivity index (χ2v) is 6.99. The minimum Gasteiger partial charge on any atom is -0.467 e. The van der Waals surface area contributed by atoms with E-state index < -0.39 is 18.0 Å². The van der Waals surface area contributed by atoms with Crippen LogP contribution in [0, 0.1) is 5.92 Å². The molecule has 9 nitrogen and oxygen atoms in total. The fourth-order valence-corrected chi connectivity index (χ4v) is 3.74. The maximum atomic E-state index is 12.7. The van der Waals surface area contributed by atoms with Crippen LogP contribution in [0.15, 0.2) is 34.1 Å². The zero-order chi connectivity index (χ0) is 20.8. The van der Waals surface area contributed by atoms with Crippen molar-refractivity contribution < 1.29 is 28.3 Å². The van der Waals surface area contributed by atoms with Gasteiger partial charge >= 0.3 is 18.0 Å². The van der Waals surface area contributed by atoms with Gasteiger partial charge < -0.3 is 24.5 Å². The Kier molecular flexibility index (Phi) is 6.92. The van der Waals surface area contributed by atoms with Gasteiger partial charge in [0.1, 0.15) is 11.8 Å². The molecule has 1 fully saturated rings. The van der Waals surface area contributed by atoms with E-state index in [9.17, 15) is 14.4 Å². The lowest BCUT2D eigenvalue weighted by molar-refractivity contribution is -0.150. The average molecular weight is 405 g/mol. The van der Waals surface area contributed by atoms with Crippen LogP contribution in [-0.2, 0) is 19.1 Å². The number of amides is 2. The smallest absolute Gasteiger partial charge is 0.338 e. The van der Waals surface area contributed by atoms with Gasteiger partial charge in [-0.05, 0) is 45.4 Å². The van der Waals surface area contributed by atoms with Gasteiger partial charge in [-0.1, -0.05) is 0 Å². The molecule has 3 heterocycles. The SMILES string of the molecule is CCOC(=O)C1=C(CN2CCC[C@@H](C(=O)OCC)C2)NC(=O)N[C@H]1c1ccco1. The topological polar surface area (TPSA) is 110 Å². The van der Waals surface area contributed by atoms with E-state index >= 15 is 0 Å². The van der Waals surface area contributed by atoms with Gasteiger partial charge in [-0.3, -0.25) is 9.69 Å². The van der Waals surface area contributed by atoms with Crippen LogP contribution >= 0.6 is 0 Å². The van der Waals surface area contributed by atoms with Crippen molar-refractivity contribution in [3.05, 3.63) is 35.4 Å². The van der Waals surface area contributed by atoms with E-state index in [0.29, 0.717) is 36.7 Å². The zero-order valence-corrected chi connectivity index (χ0v) is 16.7. The lowest BCUT2D eigenvalue weighted by Crippen LogP contribution is -2.49. The quantitative estimate of drug-likeness (QED) is 0.665. The van der Waals surface area contributed by atoms with Gasteiger partial charge in [0.25, 0.3) is 0 Å². The van der Waals surface area contributed by atoms with Gasteiger partial charge in [-0.25, -0.2) is 9.59 Å². The maximum Gasteiger partial charge on any atom is 0.338 e. The molecule has 3 rings (SSSR count). The van der Waals surface area contributed by atoms with Crippen LogP contribution in [-0.4, -0.2) is 55.7 Å². The second-order valence-electron chi connectivity index (χ2n) is 6.99. The van der Waals surface area contributed by atoms with Crippen molar-refractivity contribution >= 4 is 18.0 Å². The number of esters is 2. The minimum atomic E-state index is -0.738. The van der Waals surface area contributed by atoms with E-state index in [2.05, 4.69) is 10.6 Å². The molecule has 2 aliphatic rings. The Morgan fingerprint density at radius 1 is 1.28 bits per heavy atom. The fourth-order valence-electron chi connectivity index (χ4n) is 3.74. The number of nitrogens with zero attached hydrogens (tertiary/aromatic N) is 1. The summed E-state index contributed by atoms with van der Waals surface area (Å²) in [6.45, 7) is 5.65. The molecule has 0 radical (unpaired) electrons. The molecule has 2 N–H and O–H groups in total. The molecule has 1 aromatic rings. The molecule has 0 spiro atoms. The first-order valence-electron chi connectivity index (χ1n) is 9.93. The van der Waals surface area contributed by atoms with E-state index in [4.69, 9.17) is 13.9 Å². The highest BCUT2D eigenvalue weighted by Gasteiger charge is 2.36. The largest absolute Gasteiger partial charge is 0.467 e. The Balaban J connectivity index is 1.86. The van der Waals surface area contributed by atoms with Crippen molar-refractivity contribution in [2.24, 2.45) is 5.92 Å². The predicted octanol–water partition coefficient (Wildman–Crippen LogP) is 1.73. The normalized spacial score (nSPS) is 22.6. The van der Waals surface area contributed by atoms with Gasteiger partial charge in [-0.2, -0.15) is 0 Å². The fraction of sp³-hybridized carbons (Fsp3) is 0.550. The summed E-state index contributed by atoms with van der Waals surface area (Å²) in [7, 11) is 0. The first kappa shape index (κ1) is 20.9. The first-order chi connectivity index (χ1) is 14.0. The molecule has 9 heteroatoms. The highest BCUT2D eigenvalue weighted by Crippen LogP contribution is 2.29. The Morgan fingerprint density at radius 2 is 2.07 bits per heavy atom. The molecule has 0 unspecified atom stereocenters. The van der Waals surface area contributed by atoms with Crippen LogP contribution in [0.1, 0.15) is 38.5 Å². The number of piperidine rings is 1. The number of furan rings is 1. The number of likely N-dealkylation sites (tertiary alicyclic amines) is 1. The van der Waals surface area contributed by atoms with Crippen molar-refractivity contribution in [1.82, 2.24) is 15.5 Å². The number of nitrogens with one attached hydrogen (secondary N) is 2. The Labute approximate surface area is 169 Å². The van der Waals surface area contributed by atoms with E-state index in [0.717, 1.165) is 19.4 Å². The third kappa shape index (κ3) is 4.97. The first-order valence-corrected chi connectivity index (χ1v) is 9.93. The second kappa shape index (κ2) is 9.60. The summed E-state index contributed by atoms with van der Waals surface area (Å²) in [5.41, 5.74) is 0.762. The molecule has 0 aromatic carbocycles. The summed E-state index contributed by atoms with van der Waals surface area (Å²) in [5.74, 6) is -0.493. The van der Waals surface area contributed by atoms with Gasteiger partial charge in [0, 0.05) is 18.8 Å². The van der Waals surface area contributed by atoms with Crippen LogP contribution < -0.4 is 10.6 Å². The number of hydrogen-bond donors (Lipinski definition) is 2. The van der Waals surface area contributed by atoms with Crippen LogP contribution in [0.3, 0.4) is 0 Å². The van der Waals surface area contributed by atoms with E-state index in [1.54, 1.807) is 26.0 Å². The average Bonchev–Trinajstić information content (AvgIpc) is 3.23. The number of rotatable bonds is 7. The molecule has 2 atom stereocenters. The molecular weight excluding hydrogens is 378 g/mol. The van der Waals surface area contributed by atoms with Crippen molar-refractivity contribution in [2.75, 3.05) is 32.8 Å². The molecular formula is C20H27N3O6. The number of hydrogen-bond acceptors (Lipinski definition) is 7.